The minimum atomic E-state index is 0.687. The molecule has 0 unspecified atom stereocenters. The Balaban J connectivity index is 1.77. The van der Waals surface area contributed by atoms with Crippen LogP contribution in [0, 0.1) is 6.92 Å². The highest BCUT2D eigenvalue weighted by molar-refractivity contribution is 5.37. The highest BCUT2D eigenvalue weighted by Gasteiger charge is 2.20. The van der Waals surface area contributed by atoms with Gasteiger partial charge in [-0.3, -0.25) is 0 Å². The number of aryl methyl sites for hydroxylation is 1. The molecule has 1 aromatic carbocycles. The highest BCUT2D eigenvalue weighted by Crippen LogP contribution is 2.26. The number of nitrogens with one attached hydrogen (secondary N) is 1. The molecule has 1 aromatic heterocycles. The summed E-state index contributed by atoms with van der Waals surface area (Å²) in [5.74, 6) is 1.57. The van der Waals surface area contributed by atoms with E-state index in [9.17, 15) is 0 Å². The van der Waals surface area contributed by atoms with Crippen molar-refractivity contribution in [2.75, 3.05) is 0 Å². The number of rotatable bonds is 5. The fourth-order valence-electron chi connectivity index (χ4n) is 1.97. The first-order valence-corrected chi connectivity index (χ1v) is 6.74. The molecule has 3 heteroatoms. The molecule has 2 aromatic rings. The smallest absolute Gasteiger partial charge is 0.223 e. The monoisotopic (exact) mass is 254 g/mol. The van der Waals surface area contributed by atoms with Gasteiger partial charge < -0.3 is 10.1 Å². The fraction of sp³-hybridized carbons (Fsp3) is 0.312. The molecule has 0 amide bonds. The van der Waals surface area contributed by atoms with E-state index in [1.165, 1.54) is 12.8 Å². The second kappa shape index (κ2) is 5.41. The van der Waals surface area contributed by atoms with Gasteiger partial charge in [-0.15, -0.1) is 0 Å². The summed E-state index contributed by atoms with van der Waals surface area (Å²) in [6, 6.07) is 12.7. The number of benzene rings is 1. The Labute approximate surface area is 113 Å². The van der Waals surface area contributed by atoms with Crippen LogP contribution in [-0.2, 0) is 6.54 Å². The molecular formula is C16H18N2O. The summed E-state index contributed by atoms with van der Waals surface area (Å²) in [4.78, 5) is 4.35. The molecular weight excluding hydrogens is 236 g/mol. The lowest BCUT2D eigenvalue weighted by atomic mass is 10.2. The van der Waals surface area contributed by atoms with Crippen LogP contribution >= 0.6 is 0 Å². The minimum Gasteiger partial charge on any atom is -0.438 e. The van der Waals surface area contributed by atoms with Gasteiger partial charge in [0.25, 0.3) is 0 Å². The van der Waals surface area contributed by atoms with Gasteiger partial charge in [0.2, 0.25) is 5.88 Å². The first-order chi connectivity index (χ1) is 9.33. The molecule has 0 atom stereocenters. The standard InChI is InChI=1S/C16H18N2O/c1-12-5-2-3-7-15(12)19-16-13(6-4-10-17-16)11-18-14-8-9-14/h2-7,10,14,18H,8-9,11H2,1H3. The Morgan fingerprint density at radius 2 is 2.05 bits per heavy atom. The molecule has 0 bridgehead atoms. The molecule has 0 spiro atoms. The number of para-hydroxylation sites is 1. The summed E-state index contributed by atoms with van der Waals surface area (Å²) in [5, 5.41) is 3.49. The molecule has 0 radical (unpaired) electrons. The first-order valence-electron chi connectivity index (χ1n) is 6.74. The molecule has 98 valence electrons. The van der Waals surface area contributed by atoms with Crippen molar-refractivity contribution < 1.29 is 4.74 Å². The number of ether oxygens (including phenoxy) is 1. The zero-order valence-electron chi connectivity index (χ0n) is 11.1. The number of nitrogens with zero attached hydrogens (tertiary/aromatic N) is 1. The molecule has 0 saturated heterocycles. The Bertz CT molecular complexity index is 564. The van der Waals surface area contributed by atoms with Gasteiger partial charge in [0.1, 0.15) is 5.75 Å². The highest BCUT2D eigenvalue weighted by atomic mass is 16.5. The van der Waals surface area contributed by atoms with Crippen LogP contribution in [0.4, 0.5) is 0 Å². The van der Waals surface area contributed by atoms with Gasteiger partial charge in [0.05, 0.1) is 0 Å². The Kier molecular flexibility index (Phi) is 3.47. The Hall–Kier alpha value is -1.87. The Morgan fingerprint density at radius 3 is 2.84 bits per heavy atom. The number of hydrogen-bond acceptors (Lipinski definition) is 3. The van der Waals surface area contributed by atoms with Gasteiger partial charge in [0, 0.05) is 24.3 Å². The molecule has 1 fully saturated rings. The van der Waals surface area contributed by atoms with E-state index in [1.54, 1.807) is 6.20 Å². The van der Waals surface area contributed by atoms with Crippen molar-refractivity contribution in [2.45, 2.75) is 32.4 Å². The average molecular weight is 254 g/mol. The van der Waals surface area contributed by atoms with E-state index in [0.717, 1.165) is 23.4 Å². The second-order valence-electron chi connectivity index (χ2n) is 4.99. The maximum absolute atomic E-state index is 5.94. The summed E-state index contributed by atoms with van der Waals surface area (Å²) in [5.41, 5.74) is 2.23. The lowest BCUT2D eigenvalue weighted by Crippen LogP contribution is -2.16. The van der Waals surface area contributed by atoms with Gasteiger partial charge in [0.15, 0.2) is 0 Å². The van der Waals surface area contributed by atoms with Crippen molar-refractivity contribution in [1.29, 1.82) is 0 Å². The van der Waals surface area contributed by atoms with Crippen LogP contribution in [-0.4, -0.2) is 11.0 Å². The third-order valence-electron chi connectivity index (χ3n) is 3.31. The number of hydrogen-bond donors (Lipinski definition) is 1. The van der Waals surface area contributed by atoms with Crippen LogP contribution in [0.5, 0.6) is 11.6 Å². The van der Waals surface area contributed by atoms with Gasteiger partial charge in [-0.05, 0) is 37.5 Å². The summed E-state index contributed by atoms with van der Waals surface area (Å²) >= 11 is 0. The van der Waals surface area contributed by atoms with Crippen molar-refractivity contribution in [3.63, 3.8) is 0 Å². The van der Waals surface area contributed by atoms with Crippen LogP contribution in [0.15, 0.2) is 42.6 Å². The number of pyridine rings is 1. The van der Waals surface area contributed by atoms with E-state index in [4.69, 9.17) is 4.74 Å². The lowest BCUT2D eigenvalue weighted by molar-refractivity contribution is 0.449. The second-order valence-corrected chi connectivity index (χ2v) is 4.99. The van der Waals surface area contributed by atoms with Crippen molar-refractivity contribution in [2.24, 2.45) is 0 Å². The van der Waals surface area contributed by atoms with E-state index in [-0.39, 0.29) is 0 Å². The maximum atomic E-state index is 5.94. The molecule has 0 aliphatic heterocycles. The van der Waals surface area contributed by atoms with Crippen LogP contribution in [0.1, 0.15) is 24.0 Å². The van der Waals surface area contributed by atoms with Crippen molar-refractivity contribution in [3.05, 3.63) is 53.7 Å². The van der Waals surface area contributed by atoms with E-state index >= 15 is 0 Å². The zero-order chi connectivity index (χ0) is 13.1. The normalized spacial score (nSPS) is 14.4. The van der Waals surface area contributed by atoms with E-state index in [1.807, 2.05) is 37.3 Å². The SMILES string of the molecule is Cc1ccccc1Oc1ncccc1CNC1CC1. The molecule has 1 heterocycles. The third-order valence-corrected chi connectivity index (χ3v) is 3.31. The van der Waals surface area contributed by atoms with Crippen LogP contribution in [0.2, 0.25) is 0 Å². The summed E-state index contributed by atoms with van der Waals surface area (Å²) < 4.78 is 5.94. The first kappa shape index (κ1) is 12.2. The Morgan fingerprint density at radius 1 is 1.21 bits per heavy atom. The van der Waals surface area contributed by atoms with Crippen molar-refractivity contribution >= 4 is 0 Å². The lowest BCUT2D eigenvalue weighted by Gasteiger charge is -2.11. The topological polar surface area (TPSA) is 34.1 Å². The summed E-state index contributed by atoms with van der Waals surface area (Å²) in [6.45, 7) is 2.86. The van der Waals surface area contributed by atoms with Crippen LogP contribution in [0.25, 0.3) is 0 Å². The van der Waals surface area contributed by atoms with Gasteiger partial charge in [-0.25, -0.2) is 4.98 Å². The van der Waals surface area contributed by atoms with E-state index in [0.29, 0.717) is 11.9 Å². The fourth-order valence-corrected chi connectivity index (χ4v) is 1.97. The minimum absolute atomic E-state index is 0.687. The predicted octanol–water partition coefficient (Wildman–Crippen LogP) is 3.43. The van der Waals surface area contributed by atoms with Gasteiger partial charge in [-0.2, -0.15) is 0 Å². The maximum Gasteiger partial charge on any atom is 0.223 e. The quantitative estimate of drug-likeness (QED) is 0.887. The summed E-state index contributed by atoms with van der Waals surface area (Å²) in [6.07, 6.45) is 4.34. The molecule has 1 aliphatic carbocycles. The largest absolute Gasteiger partial charge is 0.438 e. The van der Waals surface area contributed by atoms with Crippen LogP contribution < -0.4 is 10.1 Å². The molecule has 19 heavy (non-hydrogen) atoms. The van der Waals surface area contributed by atoms with Gasteiger partial charge >= 0.3 is 0 Å². The average Bonchev–Trinajstić information content (AvgIpc) is 3.24. The van der Waals surface area contributed by atoms with E-state index in [2.05, 4.69) is 16.4 Å². The molecule has 1 aliphatic rings. The summed E-state index contributed by atoms with van der Waals surface area (Å²) in [7, 11) is 0. The molecule has 3 rings (SSSR count). The van der Waals surface area contributed by atoms with E-state index < -0.39 is 0 Å². The number of aromatic nitrogens is 1. The van der Waals surface area contributed by atoms with Crippen LogP contribution in [0.3, 0.4) is 0 Å². The van der Waals surface area contributed by atoms with Crippen molar-refractivity contribution in [1.82, 2.24) is 10.3 Å². The van der Waals surface area contributed by atoms with Gasteiger partial charge in [-0.1, -0.05) is 24.3 Å². The molecule has 1 saturated carbocycles. The molecule has 3 nitrogen and oxygen atoms in total. The zero-order valence-corrected chi connectivity index (χ0v) is 11.1. The third kappa shape index (κ3) is 3.12. The molecule has 1 N–H and O–H groups in total. The van der Waals surface area contributed by atoms with Crippen molar-refractivity contribution in [3.8, 4) is 11.6 Å². The predicted molar refractivity (Wildman–Crippen MR) is 75.4 cm³/mol.